The van der Waals surface area contributed by atoms with Crippen molar-refractivity contribution in [3.05, 3.63) is 34.3 Å². The molecule has 0 atom stereocenters. The molecule has 4 heteroatoms. The molecule has 2 aromatic heterocycles. The lowest BCUT2D eigenvalue weighted by atomic mass is 10.2. The second-order valence-corrected chi connectivity index (χ2v) is 4.70. The maximum absolute atomic E-state index is 5.70. The van der Waals surface area contributed by atoms with E-state index in [2.05, 4.69) is 39.2 Å². The van der Waals surface area contributed by atoms with Gasteiger partial charge in [0.2, 0.25) is 0 Å². The molecule has 0 saturated heterocycles. The van der Waals surface area contributed by atoms with Crippen molar-refractivity contribution in [2.45, 2.75) is 26.3 Å². The summed E-state index contributed by atoms with van der Waals surface area (Å²) in [7, 11) is 0. The average Bonchev–Trinajstić information content (AvgIpc) is 2.58. The lowest BCUT2D eigenvalue weighted by Gasteiger charge is -2.04. The minimum atomic E-state index is 0.395. The van der Waals surface area contributed by atoms with Crippen molar-refractivity contribution >= 4 is 21.4 Å². The molecule has 2 rings (SSSR count). The van der Waals surface area contributed by atoms with Gasteiger partial charge in [-0.05, 0) is 28.1 Å². The van der Waals surface area contributed by atoms with Crippen LogP contribution in [0.25, 0.3) is 5.52 Å². The average molecular weight is 268 g/mol. The van der Waals surface area contributed by atoms with E-state index in [9.17, 15) is 0 Å². The molecule has 0 fully saturated rings. The van der Waals surface area contributed by atoms with Crippen LogP contribution in [0, 0.1) is 0 Å². The van der Waals surface area contributed by atoms with Crippen molar-refractivity contribution in [3.8, 4) is 0 Å². The summed E-state index contributed by atoms with van der Waals surface area (Å²) < 4.78 is 3.15. The fourth-order valence-corrected chi connectivity index (χ4v) is 2.32. The van der Waals surface area contributed by atoms with Crippen molar-refractivity contribution in [2.75, 3.05) is 0 Å². The molecule has 0 unspecified atom stereocenters. The molecule has 0 aliphatic heterocycles. The van der Waals surface area contributed by atoms with Crippen LogP contribution in [0.5, 0.6) is 0 Å². The van der Waals surface area contributed by atoms with Crippen LogP contribution in [0.3, 0.4) is 0 Å². The molecule has 80 valence electrons. The van der Waals surface area contributed by atoms with Gasteiger partial charge in [0.15, 0.2) is 0 Å². The van der Waals surface area contributed by atoms with Gasteiger partial charge in [-0.25, -0.2) is 4.98 Å². The maximum Gasteiger partial charge on any atom is 0.116 e. The molecule has 0 bridgehead atoms. The van der Waals surface area contributed by atoms with Gasteiger partial charge in [0.05, 0.1) is 11.2 Å². The van der Waals surface area contributed by atoms with Crippen LogP contribution in [0.2, 0.25) is 0 Å². The number of nitrogens with zero attached hydrogens (tertiary/aromatic N) is 2. The van der Waals surface area contributed by atoms with Crippen molar-refractivity contribution in [3.63, 3.8) is 0 Å². The fourth-order valence-electron chi connectivity index (χ4n) is 1.74. The molecule has 2 aromatic rings. The van der Waals surface area contributed by atoms with Crippen molar-refractivity contribution < 1.29 is 0 Å². The van der Waals surface area contributed by atoms with Gasteiger partial charge in [-0.2, -0.15) is 0 Å². The van der Waals surface area contributed by atoms with Gasteiger partial charge in [-0.1, -0.05) is 13.8 Å². The lowest BCUT2D eigenvalue weighted by molar-refractivity contribution is 0.765. The van der Waals surface area contributed by atoms with E-state index < -0.39 is 0 Å². The zero-order chi connectivity index (χ0) is 11.0. The van der Waals surface area contributed by atoms with Crippen LogP contribution in [0.4, 0.5) is 0 Å². The van der Waals surface area contributed by atoms with Crippen LogP contribution in [-0.2, 0) is 6.54 Å². The van der Waals surface area contributed by atoms with Gasteiger partial charge < -0.3 is 10.1 Å². The highest BCUT2D eigenvalue weighted by Crippen LogP contribution is 2.25. The summed E-state index contributed by atoms with van der Waals surface area (Å²) in [5, 5.41) is 0. The zero-order valence-electron chi connectivity index (χ0n) is 8.87. The van der Waals surface area contributed by atoms with Gasteiger partial charge in [-0.15, -0.1) is 0 Å². The number of imidazole rings is 1. The highest BCUT2D eigenvalue weighted by Gasteiger charge is 2.14. The molecule has 0 aliphatic carbocycles. The van der Waals surface area contributed by atoms with Crippen LogP contribution in [0.15, 0.2) is 22.8 Å². The molecule has 0 amide bonds. The first-order valence-electron chi connectivity index (χ1n) is 5.00. The monoisotopic (exact) mass is 267 g/mol. The Hall–Kier alpha value is -0.870. The Bertz CT molecular complexity index is 488. The van der Waals surface area contributed by atoms with E-state index in [0.29, 0.717) is 12.5 Å². The highest BCUT2D eigenvalue weighted by molar-refractivity contribution is 9.10. The van der Waals surface area contributed by atoms with Crippen molar-refractivity contribution in [1.82, 2.24) is 9.38 Å². The summed E-state index contributed by atoms with van der Waals surface area (Å²) in [5.74, 6) is 1.46. The van der Waals surface area contributed by atoms with E-state index in [1.807, 2.05) is 18.3 Å². The van der Waals surface area contributed by atoms with Gasteiger partial charge >= 0.3 is 0 Å². The molecule has 3 nitrogen and oxygen atoms in total. The van der Waals surface area contributed by atoms with E-state index in [-0.39, 0.29) is 0 Å². The van der Waals surface area contributed by atoms with Crippen LogP contribution in [-0.4, -0.2) is 9.38 Å². The Kier molecular flexibility index (Phi) is 2.80. The fraction of sp³-hybridized carbons (Fsp3) is 0.364. The van der Waals surface area contributed by atoms with Crippen LogP contribution < -0.4 is 5.73 Å². The summed E-state index contributed by atoms with van der Waals surface area (Å²) in [6.07, 6.45) is 2.03. The second kappa shape index (κ2) is 3.94. The van der Waals surface area contributed by atoms with E-state index >= 15 is 0 Å². The van der Waals surface area contributed by atoms with Crippen molar-refractivity contribution in [1.29, 1.82) is 0 Å². The number of hydrogen-bond donors (Lipinski definition) is 1. The first-order valence-corrected chi connectivity index (χ1v) is 5.80. The van der Waals surface area contributed by atoms with E-state index in [0.717, 1.165) is 21.5 Å². The molecular formula is C11H14BrN3. The molecule has 0 aliphatic rings. The molecule has 0 radical (unpaired) electrons. The molecular weight excluding hydrogens is 254 g/mol. The number of halogens is 1. The molecule has 0 aromatic carbocycles. The predicted molar refractivity (Wildman–Crippen MR) is 64.9 cm³/mol. The number of nitrogens with two attached hydrogens (primary N) is 1. The molecule has 0 saturated carbocycles. The van der Waals surface area contributed by atoms with Gasteiger partial charge in [-0.3, -0.25) is 0 Å². The Labute approximate surface area is 97.4 Å². The summed E-state index contributed by atoms with van der Waals surface area (Å²) in [5.41, 5.74) is 7.74. The Morgan fingerprint density at radius 3 is 2.87 bits per heavy atom. The minimum Gasteiger partial charge on any atom is -0.325 e. The number of pyridine rings is 1. The van der Waals surface area contributed by atoms with Gasteiger partial charge in [0.25, 0.3) is 0 Å². The number of rotatable bonds is 2. The maximum atomic E-state index is 5.70. The number of hydrogen-bond acceptors (Lipinski definition) is 2. The molecule has 2 heterocycles. The SMILES string of the molecule is CC(C)c1nc(CN)c2c(Br)cccn12. The number of aromatic nitrogens is 2. The smallest absolute Gasteiger partial charge is 0.116 e. The third-order valence-corrected chi connectivity index (χ3v) is 3.06. The molecule has 15 heavy (non-hydrogen) atoms. The van der Waals surface area contributed by atoms with Gasteiger partial charge in [0, 0.05) is 23.1 Å². The Morgan fingerprint density at radius 2 is 2.27 bits per heavy atom. The zero-order valence-corrected chi connectivity index (χ0v) is 10.5. The Balaban J connectivity index is 2.81. The van der Waals surface area contributed by atoms with Gasteiger partial charge in [0.1, 0.15) is 5.82 Å². The first-order chi connectivity index (χ1) is 7.15. The normalized spacial score (nSPS) is 11.5. The first kappa shape index (κ1) is 10.6. The van der Waals surface area contributed by atoms with E-state index in [1.54, 1.807) is 0 Å². The van der Waals surface area contributed by atoms with E-state index in [4.69, 9.17) is 5.73 Å². The lowest BCUT2D eigenvalue weighted by Crippen LogP contribution is -1.97. The summed E-state index contributed by atoms with van der Waals surface area (Å²) in [6, 6.07) is 4.02. The minimum absolute atomic E-state index is 0.395. The molecule has 2 N–H and O–H groups in total. The topological polar surface area (TPSA) is 43.3 Å². The summed E-state index contributed by atoms with van der Waals surface area (Å²) >= 11 is 3.53. The van der Waals surface area contributed by atoms with Crippen molar-refractivity contribution in [2.24, 2.45) is 5.73 Å². The Morgan fingerprint density at radius 1 is 1.53 bits per heavy atom. The van der Waals surface area contributed by atoms with E-state index in [1.165, 1.54) is 0 Å². The highest BCUT2D eigenvalue weighted by atomic mass is 79.9. The summed E-state index contributed by atoms with van der Waals surface area (Å²) in [6.45, 7) is 4.74. The third-order valence-electron chi connectivity index (χ3n) is 2.42. The second-order valence-electron chi connectivity index (χ2n) is 3.85. The predicted octanol–water partition coefficient (Wildman–Crippen LogP) is 2.68. The molecule has 0 spiro atoms. The van der Waals surface area contributed by atoms with Crippen LogP contribution >= 0.6 is 15.9 Å². The largest absolute Gasteiger partial charge is 0.325 e. The third kappa shape index (κ3) is 1.68. The van der Waals surface area contributed by atoms with Crippen LogP contribution in [0.1, 0.15) is 31.3 Å². The number of fused-ring (bicyclic) bond motifs is 1. The quantitative estimate of drug-likeness (QED) is 0.909. The standard InChI is InChI=1S/C11H14BrN3/c1-7(2)11-14-9(6-13)10-8(12)4-3-5-15(10)11/h3-5,7H,6,13H2,1-2H3. The summed E-state index contributed by atoms with van der Waals surface area (Å²) in [4.78, 5) is 4.58.